The Bertz CT molecular complexity index is 806. The molecule has 0 aliphatic carbocycles. The van der Waals surface area contributed by atoms with Crippen molar-refractivity contribution in [3.05, 3.63) is 40.8 Å². The van der Waals surface area contributed by atoms with E-state index in [4.69, 9.17) is 4.74 Å². The summed E-state index contributed by atoms with van der Waals surface area (Å²) in [5.41, 5.74) is 3.37. The third-order valence-electron chi connectivity index (χ3n) is 5.11. The molecule has 3 rings (SSSR count). The first-order chi connectivity index (χ1) is 13.6. The fourth-order valence-electron chi connectivity index (χ4n) is 3.60. The summed E-state index contributed by atoms with van der Waals surface area (Å²) in [5, 5.41) is 5.48. The molecule has 0 spiro atoms. The maximum absolute atomic E-state index is 12.6. The topological polar surface area (TPSA) is 59.8 Å². The van der Waals surface area contributed by atoms with Gasteiger partial charge < -0.3 is 15.0 Å². The highest BCUT2D eigenvalue weighted by atomic mass is 32.1. The molecule has 1 aliphatic rings. The molecule has 0 bridgehead atoms. The van der Waals surface area contributed by atoms with Crippen molar-refractivity contribution in [3.8, 4) is 11.1 Å². The molecule has 1 aliphatic heterocycles. The number of anilines is 1. The summed E-state index contributed by atoms with van der Waals surface area (Å²) in [6.07, 6.45) is 4.85. The normalized spacial score (nSPS) is 15.1. The van der Waals surface area contributed by atoms with Crippen molar-refractivity contribution < 1.29 is 19.2 Å². The summed E-state index contributed by atoms with van der Waals surface area (Å²) in [6.45, 7) is 6.64. The molecule has 2 N–H and O–H groups in total. The molecule has 2 aromatic rings. The molecule has 0 saturated carbocycles. The predicted molar refractivity (Wildman–Crippen MR) is 113 cm³/mol. The summed E-state index contributed by atoms with van der Waals surface area (Å²) in [6, 6.07) is 8.02. The van der Waals surface area contributed by atoms with Crippen LogP contribution in [0.15, 0.2) is 29.6 Å². The first kappa shape index (κ1) is 20.6. The van der Waals surface area contributed by atoms with Gasteiger partial charge in [0.25, 0.3) is 5.91 Å². The highest BCUT2D eigenvalue weighted by Gasteiger charge is 2.24. The number of esters is 1. The van der Waals surface area contributed by atoms with Gasteiger partial charge in [-0.15, -0.1) is 11.3 Å². The van der Waals surface area contributed by atoms with Crippen LogP contribution in [0.3, 0.4) is 0 Å². The number of quaternary nitrogens is 1. The van der Waals surface area contributed by atoms with Crippen molar-refractivity contribution in [1.82, 2.24) is 0 Å². The molecular weight excluding hydrogens is 372 g/mol. The van der Waals surface area contributed by atoms with E-state index in [2.05, 4.69) is 5.32 Å². The minimum absolute atomic E-state index is 0.0419. The quantitative estimate of drug-likeness (QED) is 0.730. The number of hydrogen-bond acceptors (Lipinski definition) is 4. The molecule has 2 heterocycles. The number of thiophene rings is 1. The first-order valence-electron chi connectivity index (χ1n) is 10.1. The van der Waals surface area contributed by atoms with Gasteiger partial charge in [-0.3, -0.25) is 4.79 Å². The van der Waals surface area contributed by atoms with Crippen LogP contribution >= 0.6 is 11.3 Å². The van der Waals surface area contributed by atoms with Crippen molar-refractivity contribution in [3.63, 3.8) is 0 Å². The third-order valence-corrected chi connectivity index (χ3v) is 6.00. The fourth-order valence-corrected chi connectivity index (χ4v) is 4.58. The molecule has 150 valence electrons. The van der Waals surface area contributed by atoms with Gasteiger partial charge in [-0.25, -0.2) is 4.79 Å². The molecule has 1 amide bonds. The number of benzene rings is 1. The van der Waals surface area contributed by atoms with Crippen molar-refractivity contribution >= 4 is 28.2 Å². The van der Waals surface area contributed by atoms with E-state index < -0.39 is 5.97 Å². The van der Waals surface area contributed by atoms with Gasteiger partial charge in [-0.1, -0.05) is 29.8 Å². The second-order valence-electron chi connectivity index (χ2n) is 7.33. The van der Waals surface area contributed by atoms with E-state index in [9.17, 15) is 9.59 Å². The summed E-state index contributed by atoms with van der Waals surface area (Å²) in [4.78, 5) is 26.6. The van der Waals surface area contributed by atoms with Crippen LogP contribution in [-0.4, -0.2) is 38.1 Å². The van der Waals surface area contributed by atoms with Crippen LogP contribution < -0.4 is 10.2 Å². The van der Waals surface area contributed by atoms with Gasteiger partial charge in [-0.2, -0.15) is 0 Å². The lowest BCUT2D eigenvalue weighted by Gasteiger charge is -2.16. The number of rotatable bonds is 6. The van der Waals surface area contributed by atoms with Crippen LogP contribution in [0.1, 0.15) is 48.5 Å². The Balaban J connectivity index is 1.80. The van der Waals surface area contributed by atoms with Gasteiger partial charge in [0.05, 0.1) is 19.7 Å². The van der Waals surface area contributed by atoms with Crippen LogP contribution in [0.4, 0.5) is 5.00 Å². The number of ether oxygens (including phenoxy) is 1. The van der Waals surface area contributed by atoms with Crippen LogP contribution in [0.25, 0.3) is 11.1 Å². The zero-order chi connectivity index (χ0) is 19.9. The number of amides is 1. The summed E-state index contributed by atoms with van der Waals surface area (Å²) in [7, 11) is 0. The Morgan fingerprint density at radius 1 is 1.11 bits per heavy atom. The van der Waals surface area contributed by atoms with E-state index in [1.54, 1.807) is 6.92 Å². The largest absolute Gasteiger partial charge is 0.462 e. The minimum Gasteiger partial charge on any atom is -0.462 e. The zero-order valence-corrected chi connectivity index (χ0v) is 17.5. The van der Waals surface area contributed by atoms with Crippen LogP contribution in [0, 0.1) is 6.92 Å². The van der Waals surface area contributed by atoms with E-state index in [1.807, 2.05) is 36.6 Å². The van der Waals surface area contributed by atoms with Gasteiger partial charge in [-0.05, 0) is 45.1 Å². The van der Waals surface area contributed by atoms with Crippen molar-refractivity contribution in [1.29, 1.82) is 0 Å². The number of aryl methyl sites for hydroxylation is 1. The van der Waals surface area contributed by atoms with Crippen molar-refractivity contribution in [2.45, 2.75) is 39.5 Å². The Kier molecular flexibility index (Phi) is 7.23. The number of likely N-dealkylation sites (tertiary alicyclic amines) is 1. The second-order valence-corrected chi connectivity index (χ2v) is 8.21. The van der Waals surface area contributed by atoms with E-state index in [1.165, 1.54) is 41.9 Å². The molecule has 5 nitrogen and oxygen atoms in total. The zero-order valence-electron chi connectivity index (χ0n) is 16.7. The van der Waals surface area contributed by atoms with Gasteiger partial charge in [0.1, 0.15) is 10.6 Å². The van der Waals surface area contributed by atoms with E-state index >= 15 is 0 Å². The van der Waals surface area contributed by atoms with Crippen molar-refractivity contribution in [2.24, 2.45) is 0 Å². The third kappa shape index (κ3) is 5.20. The van der Waals surface area contributed by atoms with E-state index in [0.29, 0.717) is 23.7 Å². The SMILES string of the molecule is CCOC(=O)c1c(-c2ccc(C)cc2)csc1NC(=O)C[NH+]1CCCCCC1. The highest BCUT2D eigenvalue weighted by molar-refractivity contribution is 7.15. The predicted octanol–water partition coefficient (Wildman–Crippen LogP) is 3.30. The summed E-state index contributed by atoms with van der Waals surface area (Å²) >= 11 is 1.38. The first-order valence-corrected chi connectivity index (χ1v) is 11.0. The Labute approximate surface area is 170 Å². The molecule has 0 unspecified atom stereocenters. The van der Waals surface area contributed by atoms with Gasteiger partial charge in [0.15, 0.2) is 6.54 Å². The van der Waals surface area contributed by atoms with Crippen LogP contribution in [0.2, 0.25) is 0 Å². The van der Waals surface area contributed by atoms with Crippen molar-refractivity contribution in [2.75, 3.05) is 31.6 Å². The lowest BCUT2D eigenvalue weighted by Crippen LogP contribution is -3.12. The minimum atomic E-state index is -0.392. The van der Waals surface area contributed by atoms with Gasteiger partial charge in [0, 0.05) is 10.9 Å². The number of hydrogen-bond donors (Lipinski definition) is 2. The number of carbonyl (C=O) groups is 2. The molecule has 0 atom stereocenters. The average Bonchev–Trinajstić information content (AvgIpc) is 2.90. The second kappa shape index (κ2) is 9.85. The molecule has 0 radical (unpaired) electrons. The summed E-state index contributed by atoms with van der Waals surface area (Å²) < 4.78 is 5.27. The smallest absolute Gasteiger partial charge is 0.341 e. The lowest BCUT2D eigenvalue weighted by molar-refractivity contribution is -0.890. The average molecular weight is 402 g/mol. The Hall–Kier alpha value is -2.18. The maximum atomic E-state index is 12.6. The molecule has 1 aromatic carbocycles. The Morgan fingerprint density at radius 3 is 2.43 bits per heavy atom. The molecule has 1 saturated heterocycles. The van der Waals surface area contributed by atoms with Crippen LogP contribution in [0.5, 0.6) is 0 Å². The van der Waals surface area contributed by atoms with Gasteiger partial charge >= 0.3 is 5.97 Å². The van der Waals surface area contributed by atoms with Crippen LogP contribution in [-0.2, 0) is 9.53 Å². The van der Waals surface area contributed by atoms with E-state index in [-0.39, 0.29) is 5.91 Å². The monoisotopic (exact) mass is 401 g/mol. The molecule has 1 aromatic heterocycles. The standard InChI is InChI=1S/C22H28N2O3S/c1-3-27-22(26)20-18(17-10-8-16(2)9-11-17)15-28-21(20)23-19(25)14-24-12-6-4-5-7-13-24/h8-11,15H,3-7,12-14H2,1-2H3,(H,23,25)/p+1. The van der Waals surface area contributed by atoms with Gasteiger partial charge in [0.2, 0.25) is 0 Å². The number of carbonyl (C=O) groups excluding carboxylic acids is 2. The molecule has 1 fully saturated rings. The molecular formula is C22H29N2O3S+. The molecule has 6 heteroatoms. The highest BCUT2D eigenvalue weighted by Crippen LogP contribution is 2.36. The lowest BCUT2D eigenvalue weighted by atomic mass is 10.0. The summed E-state index contributed by atoms with van der Waals surface area (Å²) in [5.74, 6) is -0.434. The fraction of sp³-hybridized carbons (Fsp3) is 0.455. The number of nitrogens with one attached hydrogen (secondary N) is 2. The van der Waals surface area contributed by atoms with E-state index in [0.717, 1.165) is 29.8 Å². The Morgan fingerprint density at radius 2 is 1.79 bits per heavy atom. The maximum Gasteiger partial charge on any atom is 0.341 e. The molecule has 28 heavy (non-hydrogen) atoms.